The third kappa shape index (κ3) is 1.71. The molecule has 0 aromatic heterocycles. The summed E-state index contributed by atoms with van der Waals surface area (Å²) >= 11 is 0. The number of hydrogen-bond acceptors (Lipinski definition) is 4. The quantitative estimate of drug-likeness (QED) is 0.409. The van der Waals surface area contributed by atoms with E-state index in [-0.39, 0.29) is 5.56 Å². The number of rotatable bonds is 3. The fourth-order valence-corrected chi connectivity index (χ4v) is 1.12. The highest BCUT2D eigenvalue weighted by molar-refractivity contribution is 5.82. The summed E-state index contributed by atoms with van der Waals surface area (Å²) in [4.78, 5) is 20.1. The maximum absolute atomic E-state index is 11.2. The zero-order valence-electron chi connectivity index (χ0n) is 7.52. The molecule has 0 aliphatic rings. The van der Waals surface area contributed by atoms with Crippen molar-refractivity contribution in [2.75, 3.05) is 0 Å². The molecule has 5 heteroatoms. The molecule has 74 valence electrons. The Morgan fingerprint density at radius 2 is 2.14 bits per heavy atom. The van der Waals surface area contributed by atoms with Crippen LogP contribution in [0.2, 0.25) is 0 Å². The number of benzene rings is 1. The largest absolute Gasteiger partial charge is 0.867 e. The van der Waals surface area contributed by atoms with Gasteiger partial charge >= 0.3 is 0 Å². The molecule has 0 fully saturated rings. The van der Waals surface area contributed by atoms with Crippen LogP contribution in [0.3, 0.4) is 0 Å². The topological polar surface area (TPSA) is 83.3 Å². The Hall–Kier alpha value is -1.91. The Balaban J connectivity index is 3.41. The smallest absolute Gasteiger partial charge is 0.262 e. The molecule has 0 aliphatic heterocycles. The van der Waals surface area contributed by atoms with E-state index in [0.717, 1.165) is 0 Å². The number of hydrogen-bond donors (Lipinski definition) is 0. The molecule has 5 nitrogen and oxygen atoms in total. The molecule has 0 spiro atoms. The van der Waals surface area contributed by atoms with Crippen molar-refractivity contribution >= 4 is 12.0 Å². The molecule has 0 aliphatic carbocycles. The minimum Gasteiger partial charge on any atom is -0.867 e. The molecule has 0 heterocycles. The summed E-state index contributed by atoms with van der Waals surface area (Å²) in [6.07, 6.45) is 0.885. The maximum atomic E-state index is 11.2. The summed E-state index contributed by atoms with van der Waals surface area (Å²) in [5.41, 5.74) is -0.0825. The van der Waals surface area contributed by atoms with Gasteiger partial charge in [0.25, 0.3) is 5.69 Å². The maximum Gasteiger partial charge on any atom is 0.262 e. The van der Waals surface area contributed by atoms with Crippen molar-refractivity contribution in [2.45, 2.75) is 13.3 Å². The Kier molecular flexibility index (Phi) is 2.81. The highest BCUT2D eigenvalue weighted by Gasteiger charge is 2.11. The first kappa shape index (κ1) is 10.2. The van der Waals surface area contributed by atoms with Crippen molar-refractivity contribution in [3.63, 3.8) is 0 Å². The molecular weight excluding hydrogens is 186 g/mol. The molecule has 0 radical (unpaired) electrons. The van der Waals surface area contributed by atoms with Crippen LogP contribution in [-0.4, -0.2) is 11.2 Å². The zero-order valence-corrected chi connectivity index (χ0v) is 7.52. The van der Waals surface area contributed by atoms with Crippen LogP contribution in [-0.2, 0) is 6.42 Å². The van der Waals surface area contributed by atoms with Gasteiger partial charge in [0.15, 0.2) is 0 Å². The van der Waals surface area contributed by atoms with Gasteiger partial charge in [-0.2, -0.15) is 0 Å². The van der Waals surface area contributed by atoms with Gasteiger partial charge in [0.05, 0.1) is 4.92 Å². The van der Waals surface area contributed by atoms with Gasteiger partial charge in [-0.05, 0) is 23.8 Å². The van der Waals surface area contributed by atoms with Crippen molar-refractivity contribution in [1.82, 2.24) is 0 Å². The summed E-state index contributed by atoms with van der Waals surface area (Å²) in [6.45, 7) is 1.79. The van der Waals surface area contributed by atoms with E-state index in [2.05, 4.69) is 0 Å². The molecule has 14 heavy (non-hydrogen) atoms. The molecular formula is C9H8NO4-. The minimum atomic E-state index is -0.817. The Bertz CT molecular complexity index is 387. The van der Waals surface area contributed by atoms with E-state index in [4.69, 9.17) is 0 Å². The lowest BCUT2D eigenvalue weighted by Gasteiger charge is -2.10. The Morgan fingerprint density at radius 1 is 1.50 bits per heavy atom. The molecule has 0 unspecified atom stereocenters. The third-order valence-corrected chi connectivity index (χ3v) is 1.89. The highest BCUT2D eigenvalue weighted by atomic mass is 16.6. The van der Waals surface area contributed by atoms with Gasteiger partial charge < -0.3 is 5.11 Å². The summed E-state index contributed by atoms with van der Waals surface area (Å²) in [6, 6.07) is 2.58. The van der Waals surface area contributed by atoms with Crippen LogP contribution in [0.4, 0.5) is 5.69 Å². The second-order valence-corrected chi connectivity index (χ2v) is 2.76. The van der Waals surface area contributed by atoms with Crippen molar-refractivity contribution in [3.8, 4) is 5.75 Å². The normalized spacial score (nSPS) is 9.79. The van der Waals surface area contributed by atoms with Crippen LogP contribution >= 0.6 is 0 Å². The molecule has 0 saturated heterocycles. The summed E-state index contributed by atoms with van der Waals surface area (Å²) in [5.74, 6) is -0.817. The van der Waals surface area contributed by atoms with Crippen LogP contribution < -0.4 is 5.11 Å². The van der Waals surface area contributed by atoms with Crippen molar-refractivity contribution in [2.24, 2.45) is 0 Å². The van der Waals surface area contributed by atoms with E-state index in [1.165, 1.54) is 12.1 Å². The fourth-order valence-electron chi connectivity index (χ4n) is 1.12. The van der Waals surface area contributed by atoms with Crippen LogP contribution in [0.5, 0.6) is 5.75 Å². The van der Waals surface area contributed by atoms with E-state index >= 15 is 0 Å². The summed E-state index contributed by atoms with van der Waals surface area (Å²) in [7, 11) is 0. The number of nitro benzene ring substituents is 1. The average Bonchev–Trinajstić information content (AvgIpc) is 2.17. The second kappa shape index (κ2) is 3.87. The van der Waals surface area contributed by atoms with E-state index < -0.39 is 16.4 Å². The van der Waals surface area contributed by atoms with Crippen LogP contribution in [0.25, 0.3) is 0 Å². The molecule has 1 aromatic carbocycles. The number of carbonyl (C=O) groups excluding carboxylic acids is 1. The minimum absolute atomic E-state index is 0.156. The van der Waals surface area contributed by atoms with Gasteiger partial charge in [-0.25, -0.2) is 0 Å². The first-order chi connectivity index (χ1) is 6.60. The van der Waals surface area contributed by atoms with Crippen LogP contribution in [0, 0.1) is 10.1 Å². The standard InChI is InChI=1S/C9H9NO4/c1-2-6-3-7(5-11)9(12)8(4-6)10(13)14/h3-5,12H,2H2,1H3/p-1. The predicted molar refractivity (Wildman–Crippen MR) is 47.3 cm³/mol. The second-order valence-electron chi connectivity index (χ2n) is 2.76. The predicted octanol–water partition coefficient (Wildman–Crippen LogP) is 1.04. The van der Waals surface area contributed by atoms with Crippen molar-refractivity contribution in [3.05, 3.63) is 33.4 Å². The Labute approximate surface area is 80.1 Å². The molecule has 0 saturated carbocycles. The summed E-state index contributed by atoms with van der Waals surface area (Å²) < 4.78 is 0. The lowest BCUT2D eigenvalue weighted by atomic mass is 10.1. The third-order valence-electron chi connectivity index (χ3n) is 1.89. The Morgan fingerprint density at radius 3 is 2.57 bits per heavy atom. The van der Waals surface area contributed by atoms with Gasteiger partial charge in [0.2, 0.25) is 0 Å². The first-order valence-electron chi connectivity index (χ1n) is 4.03. The van der Waals surface area contributed by atoms with E-state index in [9.17, 15) is 20.0 Å². The van der Waals surface area contributed by atoms with E-state index in [1.54, 1.807) is 6.92 Å². The average molecular weight is 194 g/mol. The monoisotopic (exact) mass is 194 g/mol. The lowest BCUT2D eigenvalue weighted by molar-refractivity contribution is -0.398. The number of nitrogens with zero attached hydrogens (tertiary/aromatic N) is 1. The first-order valence-corrected chi connectivity index (χ1v) is 4.03. The zero-order chi connectivity index (χ0) is 10.7. The van der Waals surface area contributed by atoms with E-state index in [0.29, 0.717) is 18.3 Å². The summed E-state index contributed by atoms with van der Waals surface area (Å²) in [5, 5.41) is 21.7. The fraction of sp³-hybridized carbons (Fsp3) is 0.222. The van der Waals surface area contributed by atoms with Gasteiger partial charge in [0, 0.05) is 11.6 Å². The van der Waals surface area contributed by atoms with Crippen molar-refractivity contribution in [1.29, 1.82) is 0 Å². The molecule has 0 amide bonds. The van der Waals surface area contributed by atoms with Gasteiger partial charge in [-0.1, -0.05) is 6.92 Å². The molecule has 1 aromatic rings. The molecule has 1 rings (SSSR count). The SMILES string of the molecule is CCc1cc(C=O)c([O-])c([N+](=O)[O-])c1. The van der Waals surface area contributed by atoms with Gasteiger partial charge in [-0.3, -0.25) is 14.9 Å². The van der Waals surface area contributed by atoms with Gasteiger partial charge in [-0.15, -0.1) is 0 Å². The van der Waals surface area contributed by atoms with E-state index in [1.807, 2.05) is 0 Å². The van der Waals surface area contributed by atoms with Crippen LogP contribution in [0.1, 0.15) is 22.8 Å². The van der Waals surface area contributed by atoms with Crippen molar-refractivity contribution < 1.29 is 14.8 Å². The highest BCUT2D eigenvalue weighted by Crippen LogP contribution is 2.27. The van der Waals surface area contributed by atoms with Crippen LogP contribution in [0.15, 0.2) is 12.1 Å². The number of aldehydes is 1. The molecule has 0 N–H and O–H groups in total. The number of aryl methyl sites for hydroxylation is 1. The number of carbonyl (C=O) groups is 1. The lowest BCUT2D eigenvalue weighted by Crippen LogP contribution is -2.03. The molecule has 0 bridgehead atoms. The molecule has 0 atom stereocenters. The number of nitro groups is 1. The van der Waals surface area contributed by atoms with Gasteiger partial charge in [0.1, 0.15) is 6.29 Å².